The first-order valence-corrected chi connectivity index (χ1v) is 7.86. The molecule has 2 aromatic rings. The van der Waals surface area contributed by atoms with Crippen LogP contribution in [-0.2, 0) is 4.74 Å². The summed E-state index contributed by atoms with van der Waals surface area (Å²) in [5.74, 6) is -0.359. The van der Waals surface area contributed by atoms with Crippen molar-refractivity contribution < 1.29 is 14.3 Å². The van der Waals surface area contributed by atoms with Crippen LogP contribution in [0.2, 0.25) is 0 Å². The number of ketones is 1. The minimum Gasteiger partial charge on any atom is -0.447 e. The molecule has 0 aliphatic heterocycles. The third-order valence-corrected chi connectivity index (χ3v) is 4.10. The maximum atomic E-state index is 12.1. The number of rotatable bonds is 5. The summed E-state index contributed by atoms with van der Waals surface area (Å²) in [6, 6.07) is 5.18. The third-order valence-electron chi connectivity index (χ3n) is 3.26. The highest BCUT2D eigenvalue weighted by atomic mass is 79.9. The molecule has 0 spiro atoms. The van der Waals surface area contributed by atoms with Crippen LogP contribution >= 0.6 is 15.9 Å². The molecule has 112 valence electrons. The second-order valence-corrected chi connectivity index (χ2v) is 6.23. The number of hydrogen-bond acceptors (Lipinski definition) is 3. The average molecular weight is 352 g/mol. The molecular weight excluding hydrogens is 334 g/mol. The summed E-state index contributed by atoms with van der Waals surface area (Å²) in [6.45, 7) is 5.66. The number of esters is 1. The Kier molecular flexibility index (Phi) is 4.83. The lowest BCUT2D eigenvalue weighted by molar-refractivity contribution is 0.0464. The zero-order valence-electron chi connectivity index (χ0n) is 12.3. The van der Waals surface area contributed by atoms with E-state index < -0.39 is 0 Å². The number of aromatic nitrogens is 1. The Morgan fingerprint density at radius 3 is 2.67 bits per heavy atom. The molecule has 0 bridgehead atoms. The van der Waals surface area contributed by atoms with Gasteiger partial charge < -0.3 is 9.72 Å². The Labute approximate surface area is 132 Å². The van der Waals surface area contributed by atoms with Crippen molar-refractivity contribution in [3.8, 4) is 0 Å². The van der Waals surface area contributed by atoms with Gasteiger partial charge in [-0.2, -0.15) is 0 Å². The number of benzene rings is 1. The minimum atomic E-state index is -0.382. The number of alkyl halides is 1. The van der Waals surface area contributed by atoms with Gasteiger partial charge in [-0.15, -0.1) is 0 Å². The Bertz CT molecular complexity index is 675. The molecule has 1 aromatic heterocycles. The lowest BCUT2D eigenvalue weighted by Crippen LogP contribution is -2.11. The van der Waals surface area contributed by atoms with Gasteiger partial charge in [0.15, 0.2) is 10.8 Å². The van der Waals surface area contributed by atoms with Gasteiger partial charge in [-0.05, 0) is 34.5 Å². The monoisotopic (exact) mass is 351 g/mol. The summed E-state index contributed by atoms with van der Waals surface area (Å²) in [6.07, 6.45) is 2.39. The lowest BCUT2D eigenvalue weighted by atomic mass is 10.00. The van der Waals surface area contributed by atoms with E-state index in [0.29, 0.717) is 17.5 Å². The second kappa shape index (κ2) is 6.43. The molecular formula is C16H18BrNO3. The molecule has 0 aliphatic rings. The number of fused-ring (bicyclic) bond motifs is 1. The van der Waals surface area contributed by atoms with Gasteiger partial charge >= 0.3 is 5.97 Å². The lowest BCUT2D eigenvalue weighted by Gasteiger charge is -2.09. The largest absolute Gasteiger partial charge is 0.447 e. The highest BCUT2D eigenvalue weighted by molar-refractivity contribution is 9.09. The van der Waals surface area contributed by atoms with Gasteiger partial charge in [-0.1, -0.05) is 26.8 Å². The quantitative estimate of drug-likeness (QED) is 0.496. The minimum absolute atomic E-state index is 0.0626. The Balaban J connectivity index is 2.32. The first kappa shape index (κ1) is 15.8. The van der Waals surface area contributed by atoms with Crippen molar-refractivity contribution in [2.24, 2.45) is 5.92 Å². The fourth-order valence-electron chi connectivity index (χ4n) is 2.04. The Morgan fingerprint density at radius 1 is 1.33 bits per heavy atom. The number of H-pyrrole nitrogens is 1. The van der Waals surface area contributed by atoms with Crippen LogP contribution in [0, 0.1) is 5.92 Å². The van der Waals surface area contributed by atoms with Crippen LogP contribution in [0.3, 0.4) is 0 Å². The predicted octanol–water partition coefficient (Wildman–Crippen LogP) is 4.29. The van der Waals surface area contributed by atoms with Gasteiger partial charge in [0.25, 0.3) is 0 Å². The molecule has 0 fully saturated rings. The summed E-state index contributed by atoms with van der Waals surface area (Å²) in [7, 11) is 0. The fourth-order valence-corrected chi connectivity index (χ4v) is 2.21. The number of hydrogen-bond donors (Lipinski definition) is 1. The van der Waals surface area contributed by atoms with Gasteiger partial charge in [-0.3, -0.25) is 4.79 Å². The van der Waals surface area contributed by atoms with E-state index >= 15 is 0 Å². The molecule has 0 saturated heterocycles. The fraction of sp³-hybridized carbons (Fsp3) is 0.375. The molecule has 0 amide bonds. The van der Waals surface area contributed by atoms with Crippen LogP contribution < -0.4 is 0 Å². The van der Waals surface area contributed by atoms with E-state index in [-0.39, 0.29) is 22.7 Å². The van der Waals surface area contributed by atoms with Crippen molar-refractivity contribution in [1.82, 2.24) is 4.98 Å². The molecule has 1 unspecified atom stereocenters. The first-order chi connectivity index (χ1) is 9.93. The van der Waals surface area contributed by atoms with Gasteiger partial charge in [0.1, 0.15) is 0 Å². The number of carbonyl (C=O) groups is 2. The molecule has 1 heterocycles. The molecule has 5 heteroatoms. The molecule has 1 N–H and O–H groups in total. The van der Waals surface area contributed by atoms with Gasteiger partial charge in [0.05, 0.1) is 5.56 Å². The van der Waals surface area contributed by atoms with Crippen LogP contribution in [0.15, 0.2) is 24.4 Å². The number of nitrogens with one attached hydrogen (secondary N) is 1. The van der Waals surface area contributed by atoms with E-state index in [9.17, 15) is 9.59 Å². The highest BCUT2D eigenvalue weighted by Crippen LogP contribution is 2.23. The molecule has 2 rings (SSSR count). The number of halogens is 1. The summed E-state index contributed by atoms with van der Waals surface area (Å²) < 4.78 is 5.22. The van der Waals surface area contributed by atoms with Gasteiger partial charge in [0.2, 0.25) is 0 Å². The van der Waals surface area contributed by atoms with Crippen LogP contribution in [-0.4, -0.2) is 21.7 Å². The second-order valence-electron chi connectivity index (χ2n) is 5.21. The van der Waals surface area contributed by atoms with E-state index in [0.717, 1.165) is 10.9 Å². The Hall–Kier alpha value is -1.62. The highest BCUT2D eigenvalue weighted by Gasteiger charge is 2.17. The summed E-state index contributed by atoms with van der Waals surface area (Å²) in [5, 5.41) is 0.540. The molecule has 0 aliphatic carbocycles. The van der Waals surface area contributed by atoms with Gasteiger partial charge in [0, 0.05) is 28.6 Å². The van der Waals surface area contributed by atoms with Crippen LogP contribution in [0.25, 0.3) is 10.9 Å². The normalized spacial score (nSPS) is 12.6. The smallest absolute Gasteiger partial charge is 0.339 e. The van der Waals surface area contributed by atoms with Crippen molar-refractivity contribution >= 4 is 38.6 Å². The number of Topliss-reactive ketones (excluding diaryl/α,β-unsaturated/α-hetero) is 1. The van der Waals surface area contributed by atoms with Crippen molar-refractivity contribution in [3.05, 3.63) is 35.5 Å². The van der Waals surface area contributed by atoms with E-state index in [1.54, 1.807) is 24.4 Å². The maximum absolute atomic E-state index is 12.1. The van der Waals surface area contributed by atoms with Gasteiger partial charge in [-0.25, -0.2) is 4.79 Å². The van der Waals surface area contributed by atoms with E-state index in [1.807, 2.05) is 20.8 Å². The molecule has 0 saturated carbocycles. The maximum Gasteiger partial charge on any atom is 0.339 e. The average Bonchev–Trinajstić information content (AvgIpc) is 2.88. The predicted molar refractivity (Wildman–Crippen MR) is 85.9 cm³/mol. The summed E-state index contributed by atoms with van der Waals surface area (Å²) in [4.78, 5) is 27.1. The molecule has 4 nitrogen and oxygen atoms in total. The number of aromatic amines is 1. The SMILES string of the molecule is CCC(Br)OC(=O)c1ccc2c(C(=O)C(C)C)c[nH]c2c1. The third kappa shape index (κ3) is 3.35. The van der Waals surface area contributed by atoms with Crippen LogP contribution in [0.5, 0.6) is 0 Å². The number of carbonyl (C=O) groups excluding carboxylic acids is 2. The standard InChI is InChI=1S/C16H18BrNO3/c1-4-14(17)21-16(20)10-5-6-11-12(15(19)9(2)3)8-18-13(11)7-10/h5-9,14,18H,4H2,1-3H3. The molecule has 21 heavy (non-hydrogen) atoms. The topological polar surface area (TPSA) is 59.2 Å². The van der Waals surface area contributed by atoms with Crippen molar-refractivity contribution in [2.45, 2.75) is 32.2 Å². The van der Waals surface area contributed by atoms with E-state index in [1.165, 1.54) is 0 Å². The zero-order valence-corrected chi connectivity index (χ0v) is 13.9. The van der Waals surface area contributed by atoms with Crippen molar-refractivity contribution in [2.75, 3.05) is 0 Å². The summed E-state index contributed by atoms with van der Waals surface area (Å²) in [5.41, 5.74) is 1.88. The van der Waals surface area contributed by atoms with E-state index in [2.05, 4.69) is 20.9 Å². The van der Waals surface area contributed by atoms with Crippen LogP contribution in [0.4, 0.5) is 0 Å². The zero-order chi connectivity index (χ0) is 15.6. The summed E-state index contributed by atoms with van der Waals surface area (Å²) >= 11 is 3.27. The molecule has 1 atom stereocenters. The van der Waals surface area contributed by atoms with Crippen LogP contribution in [0.1, 0.15) is 47.9 Å². The first-order valence-electron chi connectivity index (χ1n) is 6.94. The van der Waals surface area contributed by atoms with Crippen molar-refractivity contribution in [1.29, 1.82) is 0 Å². The van der Waals surface area contributed by atoms with E-state index in [4.69, 9.17) is 4.74 Å². The Morgan fingerprint density at radius 2 is 2.05 bits per heavy atom. The number of ether oxygens (including phenoxy) is 1. The van der Waals surface area contributed by atoms with Crippen molar-refractivity contribution in [3.63, 3.8) is 0 Å². The molecule has 1 aromatic carbocycles. The molecule has 0 radical (unpaired) electrons.